The topological polar surface area (TPSA) is 61.4 Å². The van der Waals surface area contributed by atoms with Crippen molar-refractivity contribution in [1.29, 1.82) is 0 Å². The monoisotopic (exact) mass is 211 g/mol. The largest absolute Gasteiger partial charge is 0.325 e. The lowest BCUT2D eigenvalue weighted by Gasteiger charge is -2.15. The lowest BCUT2D eigenvalue weighted by molar-refractivity contribution is -0.130. The number of hydrogen-bond acceptors (Lipinski definition) is 3. The molecule has 0 aromatic heterocycles. The maximum atomic E-state index is 11.7. The SMILES string of the molecule is CC1(C)NC(=O)N(CCNC2CC2)C1=O. The molecule has 2 N–H and O–H groups in total. The molecule has 1 aliphatic carbocycles. The molecule has 0 spiro atoms. The van der Waals surface area contributed by atoms with Gasteiger partial charge in [-0.05, 0) is 26.7 Å². The summed E-state index contributed by atoms with van der Waals surface area (Å²) >= 11 is 0. The Bertz CT molecular complexity index is 297. The molecule has 0 aromatic rings. The van der Waals surface area contributed by atoms with E-state index in [-0.39, 0.29) is 11.9 Å². The standard InChI is InChI=1S/C10H17N3O2/c1-10(2)8(14)13(9(15)12-10)6-5-11-7-3-4-7/h7,11H,3-6H2,1-2H3,(H,12,15). The minimum Gasteiger partial charge on any atom is -0.324 e. The predicted octanol–water partition coefficient (Wildman–Crippen LogP) is 0.0688. The zero-order valence-electron chi connectivity index (χ0n) is 9.17. The van der Waals surface area contributed by atoms with E-state index in [1.54, 1.807) is 13.8 Å². The average molecular weight is 211 g/mol. The van der Waals surface area contributed by atoms with Crippen molar-refractivity contribution in [2.75, 3.05) is 13.1 Å². The summed E-state index contributed by atoms with van der Waals surface area (Å²) in [7, 11) is 0. The van der Waals surface area contributed by atoms with E-state index in [0.29, 0.717) is 19.1 Å². The summed E-state index contributed by atoms with van der Waals surface area (Å²) in [5.74, 6) is -0.134. The van der Waals surface area contributed by atoms with Gasteiger partial charge in [-0.1, -0.05) is 0 Å². The minimum absolute atomic E-state index is 0.134. The predicted molar refractivity (Wildman–Crippen MR) is 55.3 cm³/mol. The van der Waals surface area contributed by atoms with Gasteiger partial charge < -0.3 is 10.6 Å². The fraction of sp³-hybridized carbons (Fsp3) is 0.800. The molecule has 2 rings (SSSR count). The fourth-order valence-corrected chi connectivity index (χ4v) is 1.69. The van der Waals surface area contributed by atoms with Gasteiger partial charge in [0.05, 0.1) is 0 Å². The van der Waals surface area contributed by atoms with Crippen LogP contribution >= 0.6 is 0 Å². The molecule has 0 unspecified atom stereocenters. The molecule has 1 heterocycles. The van der Waals surface area contributed by atoms with Crippen molar-refractivity contribution >= 4 is 11.9 Å². The molecular weight excluding hydrogens is 194 g/mol. The van der Waals surface area contributed by atoms with Gasteiger partial charge in [0.2, 0.25) is 0 Å². The number of rotatable bonds is 4. The van der Waals surface area contributed by atoms with E-state index in [4.69, 9.17) is 0 Å². The van der Waals surface area contributed by atoms with Crippen LogP contribution in [0.3, 0.4) is 0 Å². The number of nitrogens with zero attached hydrogens (tertiary/aromatic N) is 1. The lowest BCUT2D eigenvalue weighted by atomic mass is 10.1. The molecule has 2 fully saturated rings. The Balaban J connectivity index is 1.85. The number of amides is 3. The van der Waals surface area contributed by atoms with E-state index >= 15 is 0 Å². The van der Waals surface area contributed by atoms with Crippen LogP contribution in [0.1, 0.15) is 26.7 Å². The maximum absolute atomic E-state index is 11.7. The smallest absolute Gasteiger partial charge is 0.324 e. The zero-order chi connectivity index (χ0) is 11.1. The third-order valence-electron chi connectivity index (χ3n) is 2.79. The molecule has 0 bridgehead atoms. The zero-order valence-corrected chi connectivity index (χ0v) is 9.17. The van der Waals surface area contributed by atoms with Gasteiger partial charge in [-0.2, -0.15) is 0 Å². The van der Waals surface area contributed by atoms with Gasteiger partial charge in [-0.25, -0.2) is 4.79 Å². The minimum atomic E-state index is -0.739. The van der Waals surface area contributed by atoms with E-state index in [9.17, 15) is 9.59 Å². The van der Waals surface area contributed by atoms with Crippen LogP contribution in [0.5, 0.6) is 0 Å². The summed E-state index contributed by atoms with van der Waals surface area (Å²) in [5.41, 5.74) is -0.739. The number of nitrogens with one attached hydrogen (secondary N) is 2. The average Bonchev–Trinajstić information content (AvgIpc) is 2.90. The first kappa shape index (κ1) is 10.4. The Morgan fingerprint density at radius 2 is 2.13 bits per heavy atom. The highest BCUT2D eigenvalue weighted by Gasteiger charge is 2.43. The number of imide groups is 1. The third kappa shape index (κ3) is 2.12. The van der Waals surface area contributed by atoms with Crippen LogP contribution in [0.2, 0.25) is 0 Å². The van der Waals surface area contributed by atoms with Crippen molar-refractivity contribution in [3.8, 4) is 0 Å². The van der Waals surface area contributed by atoms with Crippen LogP contribution in [0, 0.1) is 0 Å². The first-order valence-corrected chi connectivity index (χ1v) is 5.38. The molecule has 3 amide bonds. The normalized spacial score (nSPS) is 24.5. The molecule has 5 nitrogen and oxygen atoms in total. The highest BCUT2D eigenvalue weighted by molar-refractivity contribution is 6.06. The Hall–Kier alpha value is -1.10. The van der Waals surface area contributed by atoms with Crippen molar-refractivity contribution in [3.05, 3.63) is 0 Å². The Morgan fingerprint density at radius 3 is 2.60 bits per heavy atom. The number of hydrogen-bond donors (Lipinski definition) is 2. The highest BCUT2D eigenvalue weighted by atomic mass is 16.2. The van der Waals surface area contributed by atoms with Gasteiger partial charge in [0.25, 0.3) is 5.91 Å². The van der Waals surface area contributed by atoms with Crippen molar-refractivity contribution in [1.82, 2.24) is 15.5 Å². The Morgan fingerprint density at radius 1 is 1.47 bits per heavy atom. The third-order valence-corrected chi connectivity index (χ3v) is 2.79. The molecule has 84 valence electrons. The first-order valence-electron chi connectivity index (χ1n) is 5.38. The Kier molecular flexibility index (Phi) is 2.42. The van der Waals surface area contributed by atoms with Crippen LogP contribution < -0.4 is 10.6 Å². The van der Waals surface area contributed by atoms with Crippen molar-refractivity contribution < 1.29 is 9.59 Å². The van der Waals surface area contributed by atoms with Gasteiger partial charge in [-0.15, -0.1) is 0 Å². The van der Waals surface area contributed by atoms with Crippen LogP contribution in [-0.4, -0.2) is 41.5 Å². The van der Waals surface area contributed by atoms with E-state index in [1.807, 2.05) is 0 Å². The van der Waals surface area contributed by atoms with Crippen LogP contribution in [0.25, 0.3) is 0 Å². The summed E-state index contributed by atoms with van der Waals surface area (Å²) in [6.45, 7) is 4.60. The van der Waals surface area contributed by atoms with E-state index in [2.05, 4.69) is 10.6 Å². The summed E-state index contributed by atoms with van der Waals surface area (Å²) in [4.78, 5) is 24.5. The summed E-state index contributed by atoms with van der Waals surface area (Å²) in [6.07, 6.45) is 2.43. The molecule has 5 heteroatoms. The Labute approximate surface area is 89.2 Å². The molecule has 1 saturated carbocycles. The maximum Gasteiger partial charge on any atom is 0.325 e. The molecule has 1 saturated heterocycles. The summed E-state index contributed by atoms with van der Waals surface area (Å²) in [5, 5.41) is 5.93. The van der Waals surface area contributed by atoms with Gasteiger partial charge in [0.1, 0.15) is 5.54 Å². The van der Waals surface area contributed by atoms with E-state index in [1.165, 1.54) is 17.7 Å². The first-order chi connectivity index (χ1) is 7.00. The quantitative estimate of drug-likeness (QED) is 0.647. The number of carbonyl (C=O) groups excluding carboxylic acids is 2. The van der Waals surface area contributed by atoms with E-state index < -0.39 is 5.54 Å². The fourth-order valence-electron chi connectivity index (χ4n) is 1.69. The van der Waals surface area contributed by atoms with Gasteiger partial charge >= 0.3 is 6.03 Å². The molecule has 0 radical (unpaired) electrons. The van der Waals surface area contributed by atoms with Crippen molar-refractivity contribution in [2.45, 2.75) is 38.3 Å². The second-order valence-corrected chi connectivity index (χ2v) is 4.74. The molecular formula is C10H17N3O2. The van der Waals surface area contributed by atoms with Gasteiger partial charge in [0, 0.05) is 19.1 Å². The van der Waals surface area contributed by atoms with Crippen LogP contribution in [-0.2, 0) is 4.79 Å². The number of urea groups is 1. The highest BCUT2D eigenvalue weighted by Crippen LogP contribution is 2.19. The van der Waals surface area contributed by atoms with E-state index in [0.717, 1.165) is 0 Å². The molecule has 0 aromatic carbocycles. The molecule has 1 aliphatic heterocycles. The summed E-state index contributed by atoms with van der Waals surface area (Å²) < 4.78 is 0. The second kappa shape index (κ2) is 3.48. The van der Waals surface area contributed by atoms with Crippen LogP contribution in [0.4, 0.5) is 4.79 Å². The molecule has 0 atom stereocenters. The van der Waals surface area contributed by atoms with Gasteiger partial charge in [0.15, 0.2) is 0 Å². The molecule has 2 aliphatic rings. The van der Waals surface area contributed by atoms with Crippen molar-refractivity contribution in [3.63, 3.8) is 0 Å². The molecule has 15 heavy (non-hydrogen) atoms. The number of carbonyl (C=O) groups is 2. The lowest BCUT2D eigenvalue weighted by Crippen LogP contribution is -2.41. The van der Waals surface area contributed by atoms with Crippen molar-refractivity contribution in [2.24, 2.45) is 0 Å². The summed E-state index contributed by atoms with van der Waals surface area (Å²) in [6, 6.07) is 0.335. The second-order valence-electron chi connectivity index (χ2n) is 4.74. The van der Waals surface area contributed by atoms with Crippen LogP contribution in [0.15, 0.2) is 0 Å². The van der Waals surface area contributed by atoms with Gasteiger partial charge in [-0.3, -0.25) is 9.69 Å².